The maximum Gasteiger partial charge on any atom is 0.192 e. The molecule has 0 aromatic heterocycles. The zero-order valence-corrected chi connectivity index (χ0v) is 14.9. The third-order valence-corrected chi connectivity index (χ3v) is 8.57. The quantitative estimate of drug-likeness (QED) is 0.626. The standard InChI is InChI=1S/C15H30O4Si/c1-14(2,3)20(6,7)17-11-13-12(9-8-10-16)18-15(4,5)19-13/h8-9,12-13,16H,10-11H2,1-7H3/b9-8+/t12-,13+/m1/s1. The summed E-state index contributed by atoms with van der Waals surface area (Å²) in [7, 11) is -1.79. The minimum Gasteiger partial charge on any atom is -0.414 e. The Labute approximate surface area is 124 Å². The number of hydrogen-bond acceptors (Lipinski definition) is 4. The van der Waals surface area contributed by atoms with E-state index in [2.05, 4.69) is 33.9 Å². The SMILES string of the molecule is CC1(C)O[C@@H](CO[Si](C)(C)C(C)(C)C)[C@@H](/C=C/CO)O1. The molecule has 0 aliphatic carbocycles. The monoisotopic (exact) mass is 302 g/mol. The highest BCUT2D eigenvalue weighted by atomic mass is 28.4. The van der Waals surface area contributed by atoms with Crippen LogP contribution in [-0.2, 0) is 13.9 Å². The molecule has 0 bridgehead atoms. The fourth-order valence-electron chi connectivity index (χ4n) is 1.86. The maximum absolute atomic E-state index is 8.90. The lowest BCUT2D eigenvalue weighted by atomic mass is 10.2. The van der Waals surface area contributed by atoms with Crippen LogP contribution in [0.15, 0.2) is 12.2 Å². The number of hydrogen-bond donors (Lipinski definition) is 1. The van der Waals surface area contributed by atoms with Gasteiger partial charge in [-0.1, -0.05) is 32.9 Å². The van der Waals surface area contributed by atoms with Crippen LogP contribution in [0.3, 0.4) is 0 Å². The Bertz CT molecular complexity index is 344. The molecule has 1 heterocycles. The van der Waals surface area contributed by atoms with Crippen LogP contribution in [0.25, 0.3) is 0 Å². The normalized spacial score (nSPS) is 27.4. The van der Waals surface area contributed by atoms with Gasteiger partial charge in [0.2, 0.25) is 0 Å². The van der Waals surface area contributed by atoms with Gasteiger partial charge in [-0.15, -0.1) is 0 Å². The Morgan fingerprint density at radius 1 is 1.25 bits per heavy atom. The van der Waals surface area contributed by atoms with Gasteiger partial charge >= 0.3 is 0 Å². The van der Waals surface area contributed by atoms with Crippen molar-refractivity contribution < 1.29 is 19.0 Å². The molecule has 0 amide bonds. The number of aliphatic hydroxyl groups excluding tert-OH is 1. The Hall–Kier alpha value is -0.203. The van der Waals surface area contributed by atoms with Crippen LogP contribution >= 0.6 is 0 Å². The molecule has 1 fully saturated rings. The number of rotatable bonds is 5. The highest BCUT2D eigenvalue weighted by Gasteiger charge is 2.43. The second-order valence-electron chi connectivity index (χ2n) is 7.32. The van der Waals surface area contributed by atoms with Crippen LogP contribution in [0.4, 0.5) is 0 Å². The third-order valence-electron chi connectivity index (χ3n) is 4.07. The summed E-state index contributed by atoms with van der Waals surface area (Å²) >= 11 is 0. The smallest absolute Gasteiger partial charge is 0.192 e. The fourth-order valence-corrected chi connectivity index (χ4v) is 2.87. The van der Waals surface area contributed by atoms with Crippen LogP contribution < -0.4 is 0 Å². The van der Waals surface area contributed by atoms with Crippen molar-refractivity contribution in [3.63, 3.8) is 0 Å². The second-order valence-corrected chi connectivity index (χ2v) is 12.1. The first-order chi connectivity index (χ1) is 8.98. The van der Waals surface area contributed by atoms with Crippen molar-refractivity contribution in [2.24, 2.45) is 0 Å². The summed E-state index contributed by atoms with van der Waals surface area (Å²) in [5.74, 6) is -0.605. The number of aliphatic hydroxyl groups is 1. The summed E-state index contributed by atoms with van der Waals surface area (Å²) in [6.07, 6.45) is 3.26. The summed E-state index contributed by atoms with van der Waals surface area (Å²) in [5, 5.41) is 9.08. The maximum atomic E-state index is 8.90. The van der Waals surface area contributed by atoms with Crippen molar-refractivity contribution in [2.75, 3.05) is 13.2 Å². The summed E-state index contributed by atoms with van der Waals surface area (Å²) in [6.45, 7) is 15.5. The lowest BCUT2D eigenvalue weighted by molar-refractivity contribution is -0.145. The van der Waals surface area contributed by atoms with Crippen molar-refractivity contribution in [1.82, 2.24) is 0 Å². The van der Waals surface area contributed by atoms with E-state index in [-0.39, 0.29) is 23.9 Å². The van der Waals surface area contributed by atoms with Crippen molar-refractivity contribution >= 4 is 8.32 Å². The van der Waals surface area contributed by atoms with Gasteiger partial charge in [-0.2, -0.15) is 0 Å². The van der Waals surface area contributed by atoms with E-state index in [1.165, 1.54) is 0 Å². The van der Waals surface area contributed by atoms with E-state index in [1.807, 2.05) is 19.9 Å². The average Bonchev–Trinajstić information content (AvgIpc) is 2.57. The Morgan fingerprint density at radius 2 is 1.85 bits per heavy atom. The predicted molar refractivity (Wildman–Crippen MR) is 83.2 cm³/mol. The molecule has 0 saturated carbocycles. The van der Waals surface area contributed by atoms with Gasteiger partial charge in [-0.25, -0.2) is 0 Å². The minimum absolute atomic E-state index is 0.0100. The van der Waals surface area contributed by atoms with Gasteiger partial charge in [-0.05, 0) is 32.0 Å². The van der Waals surface area contributed by atoms with E-state index in [0.717, 1.165) is 0 Å². The largest absolute Gasteiger partial charge is 0.414 e. The molecular formula is C15H30O4Si. The zero-order chi connectivity index (χ0) is 15.6. The first kappa shape index (κ1) is 17.8. The molecule has 1 saturated heterocycles. The lowest BCUT2D eigenvalue weighted by Gasteiger charge is -2.37. The van der Waals surface area contributed by atoms with Gasteiger partial charge in [0.15, 0.2) is 14.1 Å². The van der Waals surface area contributed by atoms with Crippen LogP contribution in [0.5, 0.6) is 0 Å². The van der Waals surface area contributed by atoms with Crippen LogP contribution in [0, 0.1) is 0 Å². The fraction of sp³-hybridized carbons (Fsp3) is 0.867. The highest BCUT2D eigenvalue weighted by molar-refractivity contribution is 6.74. The molecule has 1 aliphatic rings. The van der Waals surface area contributed by atoms with E-state index in [4.69, 9.17) is 19.0 Å². The van der Waals surface area contributed by atoms with Crippen molar-refractivity contribution in [1.29, 1.82) is 0 Å². The van der Waals surface area contributed by atoms with Crippen molar-refractivity contribution in [3.05, 3.63) is 12.2 Å². The van der Waals surface area contributed by atoms with E-state index >= 15 is 0 Å². The molecule has 0 radical (unpaired) electrons. The second kappa shape index (κ2) is 6.28. The van der Waals surface area contributed by atoms with Crippen molar-refractivity contribution in [3.8, 4) is 0 Å². The van der Waals surface area contributed by atoms with Crippen LogP contribution in [0.2, 0.25) is 18.1 Å². The van der Waals surface area contributed by atoms with Gasteiger partial charge in [0, 0.05) is 0 Å². The van der Waals surface area contributed by atoms with E-state index in [0.29, 0.717) is 6.61 Å². The molecule has 0 spiro atoms. The molecule has 118 valence electrons. The van der Waals surface area contributed by atoms with Crippen molar-refractivity contribution in [2.45, 2.75) is 70.7 Å². The van der Waals surface area contributed by atoms with E-state index < -0.39 is 14.1 Å². The lowest BCUT2D eigenvalue weighted by Crippen LogP contribution is -2.43. The summed E-state index contributed by atoms with van der Waals surface area (Å²) < 4.78 is 18.0. The van der Waals surface area contributed by atoms with Crippen LogP contribution in [0.1, 0.15) is 34.6 Å². The predicted octanol–water partition coefficient (Wildman–Crippen LogP) is 3.08. The molecule has 0 unspecified atom stereocenters. The summed E-state index contributed by atoms with van der Waals surface area (Å²) in [4.78, 5) is 0. The zero-order valence-electron chi connectivity index (χ0n) is 13.9. The van der Waals surface area contributed by atoms with E-state index in [9.17, 15) is 0 Å². The summed E-state index contributed by atoms with van der Waals surface area (Å²) in [6, 6.07) is 0. The first-order valence-electron chi connectivity index (χ1n) is 7.26. The molecule has 1 aliphatic heterocycles. The third kappa shape index (κ3) is 4.67. The Morgan fingerprint density at radius 3 is 2.35 bits per heavy atom. The molecule has 2 atom stereocenters. The Kier molecular flexibility index (Phi) is 5.60. The minimum atomic E-state index is -1.79. The molecule has 1 rings (SSSR count). The molecule has 0 aromatic carbocycles. The summed E-state index contributed by atoms with van der Waals surface area (Å²) in [5.41, 5.74) is 0. The van der Waals surface area contributed by atoms with Crippen LogP contribution in [-0.4, -0.2) is 44.6 Å². The molecule has 0 aromatic rings. The molecule has 20 heavy (non-hydrogen) atoms. The Balaban J connectivity index is 2.67. The van der Waals surface area contributed by atoms with Gasteiger partial charge in [0.1, 0.15) is 12.2 Å². The average molecular weight is 302 g/mol. The van der Waals surface area contributed by atoms with Gasteiger partial charge in [0.25, 0.3) is 0 Å². The molecule has 5 heteroatoms. The topological polar surface area (TPSA) is 47.9 Å². The van der Waals surface area contributed by atoms with Gasteiger partial charge in [0.05, 0.1) is 13.2 Å². The van der Waals surface area contributed by atoms with Gasteiger partial charge < -0.3 is 19.0 Å². The van der Waals surface area contributed by atoms with Gasteiger partial charge in [-0.3, -0.25) is 0 Å². The number of ether oxygens (including phenoxy) is 2. The molecule has 1 N–H and O–H groups in total. The molecular weight excluding hydrogens is 272 g/mol. The molecule has 4 nitrogen and oxygen atoms in total. The first-order valence-corrected chi connectivity index (χ1v) is 10.2. The van der Waals surface area contributed by atoms with E-state index in [1.54, 1.807) is 6.08 Å². The highest BCUT2D eigenvalue weighted by Crippen LogP contribution is 2.37.